The Bertz CT molecular complexity index is 2920. The van der Waals surface area contributed by atoms with Crippen LogP contribution in [0, 0.1) is 0 Å². The van der Waals surface area contributed by atoms with Gasteiger partial charge in [0.1, 0.15) is 0 Å². The van der Waals surface area contributed by atoms with E-state index in [0.29, 0.717) is 0 Å². The number of benzene rings is 9. The van der Waals surface area contributed by atoms with Gasteiger partial charge in [0.05, 0.1) is 0 Å². The largest absolute Gasteiger partial charge is 0.310 e. The highest BCUT2D eigenvalue weighted by Crippen LogP contribution is 2.52. The average molecular weight is 662 g/mol. The van der Waals surface area contributed by atoms with Crippen LogP contribution in [0.4, 0.5) is 17.1 Å². The van der Waals surface area contributed by atoms with Crippen LogP contribution in [0.3, 0.4) is 0 Å². The summed E-state index contributed by atoms with van der Waals surface area (Å²) in [5.74, 6) is 0. The van der Waals surface area contributed by atoms with Crippen molar-refractivity contribution >= 4 is 49.4 Å². The van der Waals surface area contributed by atoms with Gasteiger partial charge in [-0.1, -0.05) is 147 Å². The quantitative estimate of drug-likeness (QED) is 0.170. The zero-order chi connectivity index (χ0) is 34.6. The zero-order valence-corrected chi connectivity index (χ0v) is 29.2. The van der Waals surface area contributed by atoms with Gasteiger partial charge >= 0.3 is 0 Å². The molecule has 11 rings (SSSR count). The fourth-order valence-corrected chi connectivity index (χ4v) is 9.19. The van der Waals surface area contributed by atoms with Crippen LogP contribution in [0.15, 0.2) is 176 Å². The minimum absolute atomic E-state index is 0.0892. The van der Waals surface area contributed by atoms with E-state index in [9.17, 15) is 0 Å². The van der Waals surface area contributed by atoms with E-state index in [1.807, 2.05) is 0 Å². The number of anilines is 3. The third-order valence-electron chi connectivity index (χ3n) is 11.8. The molecule has 9 aromatic carbocycles. The van der Waals surface area contributed by atoms with Gasteiger partial charge in [-0.2, -0.15) is 0 Å². The molecule has 1 heteroatoms. The second kappa shape index (κ2) is 10.8. The van der Waals surface area contributed by atoms with Gasteiger partial charge < -0.3 is 4.90 Å². The predicted molar refractivity (Wildman–Crippen MR) is 221 cm³/mol. The standard InChI is InChI=1S/C51H35N/c1-51(2)48-16-6-5-13-43(48)44-28-25-39(31-49(44)51)52(38-24-27-42-45-14-7-10-34-11-8-15-46(50(34)45)47(42)30-38)37-22-19-32(20-23-37)35-21-26-41-36(29-35)18-17-33-9-3-4-12-40(33)41/h3-31H,1-2H3. The minimum atomic E-state index is -0.0892. The molecule has 0 atom stereocenters. The normalized spacial score (nSPS) is 13.3. The lowest BCUT2D eigenvalue weighted by molar-refractivity contribution is 0.660. The van der Waals surface area contributed by atoms with Crippen molar-refractivity contribution in [2.75, 3.05) is 4.90 Å². The molecule has 0 aromatic heterocycles. The van der Waals surface area contributed by atoms with Crippen LogP contribution in [0.2, 0.25) is 0 Å². The van der Waals surface area contributed by atoms with Crippen LogP contribution in [0.5, 0.6) is 0 Å². The molecular formula is C51H35N. The Morgan fingerprint density at radius 3 is 1.79 bits per heavy atom. The van der Waals surface area contributed by atoms with Crippen LogP contribution in [0.25, 0.3) is 76.8 Å². The van der Waals surface area contributed by atoms with E-state index >= 15 is 0 Å². The highest BCUT2D eigenvalue weighted by Gasteiger charge is 2.36. The Labute approximate surface area is 304 Å². The fourth-order valence-electron chi connectivity index (χ4n) is 9.19. The van der Waals surface area contributed by atoms with Gasteiger partial charge in [-0.25, -0.2) is 0 Å². The number of hydrogen-bond acceptors (Lipinski definition) is 1. The first kappa shape index (κ1) is 29.3. The first-order chi connectivity index (χ1) is 25.5. The van der Waals surface area contributed by atoms with Crippen LogP contribution in [-0.4, -0.2) is 0 Å². The maximum absolute atomic E-state index is 2.44. The molecule has 1 nitrogen and oxygen atoms in total. The van der Waals surface area contributed by atoms with Gasteiger partial charge in [0.25, 0.3) is 0 Å². The van der Waals surface area contributed by atoms with Crippen LogP contribution in [-0.2, 0) is 5.41 Å². The summed E-state index contributed by atoms with van der Waals surface area (Å²) in [6, 6.07) is 65.5. The van der Waals surface area contributed by atoms with Gasteiger partial charge in [0.15, 0.2) is 0 Å². The van der Waals surface area contributed by atoms with Crippen LogP contribution < -0.4 is 4.90 Å². The molecule has 244 valence electrons. The van der Waals surface area contributed by atoms with E-state index in [1.165, 1.54) is 93.6 Å². The van der Waals surface area contributed by atoms with E-state index in [2.05, 4.69) is 195 Å². The minimum Gasteiger partial charge on any atom is -0.310 e. The highest BCUT2D eigenvalue weighted by molar-refractivity contribution is 6.16. The van der Waals surface area contributed by atoms with Gasteiger partial charge in [0.2, 0.25) is 0 Å². The molecule has 52 heavy (non-hydrogen) atoms. The maximum Gasteiger partial charge on any atom is 0.0468 e. The Morgan fingerprint density at radius 1 is 0.346 bits per heavy atom. The summed E-state index contributed by atoms with van der Waals surface area (Å²) < 4.78 is 0. The summed E-state index contributed by atoms with van der Waals surface area (Å²) in [4.78, 5) is 2.44. The molecule has 0 radical (unpaired) electrons. The molecule has 0 unspecified atom stereocenters. The molecule has 0 bridgehead atoms. The second-order valence-electron chi connectivity index (χ2n) is 14.9. The van der Waals surface area contributed by atoms with Crippen molar-refractivity contribution in [3.8, 4) is 44.5 Å². The fraction of sp³-hybridized carbons (Fsp3) is 0.0588. The van der Waals surface area contributed by atoms with Gasteiger partial charge in [0, 0.05) is 22.5 Å². The lowest BCUT2D eigenvalue weighted by Gasteiger charge is -2.28. The SMILES string of the molecule is CC1(C)c2ccccc2-c2ccc(N(c3ccc(-c4ccc5c(ccc6ccccc65)c4)cc3)c3ccc4c(c3)-c3cccc5cccc-4c35)cc21. The van der Waals surface area contributed by atoms with Crippen molar-refractivity contribution < 1.29 is 0 Å². The third-order valence-corrected chi connectivity index (χ3v) is 11.8. The molecule has 0 N–H and O–H groups in total. The molecule has 0 aliphatic heterocycles. The lowest BCUT2D eigenvalue weighted by atomic mass is 9.82. The molecular weight excluding hydrogens is 627 g/mol. The number of nitrogens with zero attached hydrogens (tertiary/aromatic N) is 1. The smallest absolute Gasteiger partial charge is 0.0468 e. The first-order valence-corrected chi connectivity index (χ1v) is 18.3. The number of fused-ring (bicyclic) bond motifs is 9. The van der Waals surface area contributed by atoms with Crippen molar-refractivity contribution in [3.63, 3.8) is 0 Å². The first-order valence-electron chi connectivity index (χ1n) is 18.3. The Morgan fingerprint density at radius 2 is 0.942 bits per heavy atom. The second-order valence-corrected chi connectivity index (χ2v) is 14.9. The molecule has 0 saturated carbocycles. The molecule has 9 aromatic rings. The van der Waals surface area contributed by atoms with E-state index in [1.54, 1.807) is 0 Å². The topological polar surface area (TPSA) is 3.24 Å². The molecule has 0 saturated heterocycles. The highest BCUT2D eigenvalue weighted by atomic mass is 15.1. The molecule has 2 aliphatic carbocycles. The van der Waals surface area contributed by atoms with Crippen molar-refractivity contribution in [1.29, 1.82) is 0 Å². The summed E-state index contributed by atoms with van der Waals surface area (Å²) in [6.07, 6.45) is 0. The van der Waals surface area contributed by atoms with E-state index in [4.69, 9.17) is 0 Å². The summed E-state index contributed by atoms with van der Waals surface area (Å²) in [6.45, 7) is 4.72. The molecule has 0 fully saturated rings. The van der Waals surface area contributed by atoms with Crippen molar-refractivity contribution in [3.05, 3.63) is 187 Å². The van der Waals surface area contributed by atoms with Crippen LogP contribution in [0.1, 0.15) is 25.0 Å². The predicted octanol–water partition coefficient (Wildman–Crippen LogP) is 14.2. The van der Waals surface area contributed by atoms with Crippen molar-refractivity contribution in [2.24, 2.45) is 0 Å². The third kappa shape index (κ3) is 4.17. The summed E-state index contributed by atoms with van der Waals surface area (Å²) >= 11 is 0. The molecule has 2 aliphatic rings. The van der Waals surface area contributed by atoms with Crippen LogP contribution >= 0.6 is 0 Å². The van der Waals surface area contributed by atoms with E-state index in [0.717, 1.165) is 11.4 Å². The zero-order valence-electron chi connectivity index (χ0n) is 29.2. The number of hydrogen-bond donors (Lipinski definition) is 0. The van der Waals surface area contributed by atoms with Gasteiger partial charge in [-0.15, -0.1) is 0 Å². The van der Waals surface area contributed by atoms with E-state index < -0.39 is 0 Å². The molecule has 0 spiro atoms. The van der Waals surface area contributed by atoms with Gasteiger partial charge in [-0.05, 0) is 130 Å². The summed E-state index contributed by atoms with van der Waals surface area (Å²) in [7, 11) is 0. The number of rotatable bonds is 4. The summed E-state index contributed by atoms with van der Waals surface area (Å²) in [5, 5.41) is 7.78. The Balaban J connectivity index is 1.05. The Hall–Kier alpha value is -6.44. The summed E-state index contributed by atoms with van der Waals surface area (Å²) in [5.41, 5.74) is 16.5. The average Bonchev–Trinajstić information content (AvgIpc) is 3.64. The van der Waals surface area contributed by atoms with Gasteiger partial charge in [-0.3, -0.25) is 0 Å². The van der Waals surface area contributed by atoms with Crippen molar-refractivity contribution in [1.82, 2.24) is 0 Å². The lowest BCUT2D eigenvalue weighted by Crippen LogP contribution is -2.16. The Kier molecular flexibility index (Phi) is 6.08. The molecule has 0 heterocycles. The monoisotopic (exact) mass is 661 g/mol. The van der Waals surface area contributed by atoms with Crippen molar-refractivity contribution in [2.45, 2.75) is 19.3 Å². The van der Waals surface area contributed by atoms with E-state index in [-0.39, 0.29) is 5.41 Å². The molecule has 0 amide bonds. The maximum atomic E-state index is 2.44.